The molecule has 0 saturated heterocycles. The van der Waals surface area contributed by atoms with Crippen LogP contribution in [-0.4, -0.2) is 16.3 Å². The molecule has 0 aliphatic carbocycles. The third kappa shape index (κ3) is 3.22. The SMILES string of the molecule is O=Cc1ccccc1.c1ccc2ncncc2c1. The van der Waals surface area contributed by atoms with Crippen LogP contribution in [0, 0.1) is 0 Å². The molecule has 0 aliphatic rings. The van der Waals surface area contributed by atoms with E-state index in [0.717, 1.165) is 22.8 Å². The van der Waals surface area contributed by atoms with E-state index in [1.54, 1.807) is 18.5 Å². The van der Waals surface area contributed by atoms with Crippen LogP contribution in [0.15, 0.2) is 67.1 Å². The molecule has 0 radical (unpaired) electrons. The van der Waals surface area contributed by atoms with Crippen LogP contribution in [0.1, 0.15) is 10.4 Å². The summed E-state index contributed by atoms with van der Waals surface area (Å²) in [6, 6.07) is 17.0. The molecule has 0 atom stereocenters. The summed E-state index contributed by atoms with van der Waals surface area (Å²) in [6.07, 6.45) is 4.20. The Morgan fingerprint density at radius 2 is 1.61 bits per heavy atom. The first-order chi connectivity index (χ1) is 8.90. The van der Waals surface area contributed by atoms with Gasteiger partial charge in [0.15, 0.2) is 0 Å². The number of nitrogens with zero attached hydrogens (tertiary/aromatic N) is 2. The predicted octanol–water partition coefficient (Wildman–Crippen LogP) is 3.13. The van der Waals surface area contributed by atoms with E-state index in [2.05, 4.69) is 9.97 Å². The standard InChI is InChI=1S/C8H6N2.C7H6O/c1-2-4-8-7(3-1)5-9-6-10-8;8-6-7-4-2-1-3-5-7/h1-6H;1-6H. The van der Waals surface area contributed by atoms with Crippen molar-refractivity contribution in [3.05, 3.63) is 72.7 Å². The largest absolute Gasteiger partial charge is 0.298 e. The topological polar surface area (TPSA) is 42.9 Å². The second-order valence-corrected chi connectivity index (χ2v) is 3.61. The van der Waals surface area contributed by atoms with E-state index < -0.39 is 0 Å². The van der Waals surface area contributed by atoms with E-state index in [9.17, 15) is 4.79 Å². The fourth-order valence-electron chi connectivity index (χ4n) is 1.46. The van der Waals surface area contributed by atoms with Crippen LogP contribution >= 0.6 is 0 Å². The molecule has 0 unspecified atom stereocenters. The summed E-state index contributed by atoms with van der Waals surface area (Å²) in [5, 5.41) is 1.09. The maximum Gasteiger partial charge on any atom is 0.150 e. The summed E-state index contributed by atoms with van der Waals surface area (Å²) in [7, 11) is 0. The van der Waals surface area contributed by atoms with Gasteiger partial charge in [0.1, 0.15) is 12.6 Å². The maximum absolute atomic E-state index is 10.0. The molecule has 88 valence electrons. The molecule has 0 bridgehead atoms. The highest BCUT2D eigenvalue weighted by molar-refractivity contribution is 5.76. The van der Waals surface area contributed by atoms with Crippen LogP contribution < -0.4 is 0 Å². The van der Waals surface area contributed by atoms with Crippen molar-refractivity contribution in [2.75, 3.05) is 0 Å². The monoisotopic (exact) mass is 236 g/mol. The number of carbonyl (C=O) groups is 1. The molecule has 3 heteroatoms. The van der Waals surface area contributed by atoms with Gasteiger partial charge in [0.2, 0.25) is 0 Å². The van der Waals surface area contributed by atoms with Crippen LogP contribution in [0.25, 0.3) is 10.9 Å². The van der Waals surface area contributed by atoms with E-state index in [1.807, 2.05) is 48.7 Å². The molecule has 1 aromatic heterocycles. The minimum Gasteiger partial charge on any atom is -0.298 e. The molecule has 3 aromatic rings. The first-order valence-electron chi connectivity index (χ1n) is 5.55. The fourth-order valence-corrected chi connectivity index (χ4v) is 1.46. The van der Waals surface area contributed by atoms with Crippen molar-refractivity contribution in [1.29, 1.82) is 0 Å². The van der Waals surface area contributed by atoms with Gasteiger partial charge < -0.3 is 0 Å². The molecular weight excluding hydrogens is 224 g/mol. The Bertz CT molecular complexity index is 558. The van der Waals surface area contributed by atoms with Gasteiger partial charge in [-0.1, -0.05) is 48.5 Å². The molecule has 3 rings (SSSR count). The minimum absolute atomic E-state index is 0.729. The van der Waals surface area contributed by atoms with Gasteiger partial charge >= 0.3 is 0 Å². The number of fused-ring (bicyclic) bond motifs is 1. The Morgan fingerprint density at radius 3 is 2.28 bits per heavy atom. The summed E-state index contributed by atoms with van der Waals surface area (Å²) in [6.45, 7) is 0. The van der Waals surface area contributed by atoms with Crippen molar-refractivity contribution in [2.24, 2.45) is 0 Å². The molecule has 0 aliphatic heterocycles. The van der Waals surface area contributed by atoms with Crippen molar-refractivity contribution in [3.63, 3.8) is 0 Å². The lowest BCUT2D eigenvalue weighted by molar-refractivity contribution is 0.112. The van der Waals surface area contributed by atoms with Crippen LogP contribution in [0.5, 0.6) is 0 Å². The fraction of sp³-hybridized carbons (Fsp3) is 0. The highest BCUT2D eigenvalue weighted by atomic mass is 16.1. The Kier molecular flexibility index (Phi) is 4.14. The third-order valence-electron chi connectivity index (χ3n) is 2.35. The van der Waals surface area contributed by atoms with Crippen LogP contribution in [0.2, 0.25) is 0 Å². The molecule has 0 saturated carbocycles. The molecule has 1 heterocycles. The Morgan fingerprint density at radius 1 is 0.889 bits per heavy atom. The zero-order valence-corrected chi connectivity index (χ0v) is 9.73. The predicted molar refractivity (Wildman–Crippen MR) is 71.4 cm³/mol. The molecular formula is C15H12N2O. The van der Waals surface area contributed by atoms with E-state index in [-0.39, 0.29) is 0 Å². The summed E-state index contributed by atoms with van der Waals surface area (Å²) < 4.78 is 0. The number of hydrogen-bond donors (Lipinski definition) is 0. The van der Waals surface area contributed by atoms with E-state index >= 15 is 0 Å². The van der Waals surface area contributed by atoms with Gasteiger partial charge in [-0.25, -0.2) is 9.97 Å². The smallest absolute Gasteiger partial charge is 0.150 e. The highest BCUT2D eigenvalue weighted by Gasteiger charge is 1.87. The summed E-state index contributed by atoms with van der Waals surface area (Å²) >= 11 is 0. The lowest BCUT2D eigenvalue weighted by Gasteiger charge is -1.90. The van der Waals surface area contributed by atoms with E-state index in [4.69, 9.17) is 0 Å². The average Bonchev–Trinajstić information content (AvgIpc) is 2.49. The van der Waals surface area contributed by atoms with Gasteiger partial charge in [0, 0.05) is 17.1 Å². The van der Waals surface area contributed by atoms with Crippen molar-refractivity contribution >= 4 is 17.2 Å². The molecule has 0 N–H and O–H groups in total. The number of rotatable bonds is 1. The van der Waals surface area contributed by atoms with E-state index in [1.165, 1.54) is 0 Å². The zero-order chi connectivity index (χ0) is 12.6. The molecule has 2 aromatic carbocycles. The lowest BCUT2D eigenvalue weighted by Crippen LogP contribution is -1.77. The first-order valence-corrected chi connectivity index (χ1v) is 5.55. The number of carbonyl (C=O) groups excluding carboxylic acids is 1. The average molecular weight is 236 g/mol. The first kappa shape index (κ1) is 11.9. The Labute approximate surface area is 105 Å². The molecule has 0 amide bonds. The zero-order valence-electron chi connectivity index (χ0n) is 9.73. The van der Waals surface area contributed by atoms with Gasteiger partial charge in [0.25, 0.3) is 0 Å². The minimum atomic E-state index is 0.729. The third-order valence-corrected chi connectivity index (χ3v) is 2.35. The summed E-state index contributed by atoms with van der Waals surface area (Å²) in [4.78, 5) is 18.0. The van der Waals surface area contributed by atoms with Gasteiger partial charge in [-0.05, 0) is 6.07 Å². The van der Waals surface area contributed by atoms with Crippen molar-refractivity contribution in [1.82, 2.24) is 9.97 Å². The Balaban J connectivity index is 0.000000138. The highest BCUT2D eigenvalue weighted by Crippen LogP contribution is 2.06. The van der Waals surface area contributed by atoms with Crippen molar-refractivity contribution in [2.45, 2.75) is 0 Å². The molecule has 18 heavy (non-hydrogen) atoms. The summed E-state index contributed by atoms with van der Waals surface area (Å²) in [5.41, 5.74) is 1.73. The second-order valence-electron chi connectivity index (χ2n) is 3.61. The quantitative estimate of drug-likeness (QED) is 0.610. The number of para-hydroxylation sites is 1. The number of aldehydes is 1. The van der Waals surface area contributed by atoms with Crippen molar-refractivity contribution < 1.29 is 4.79 Å². The number of aromatic nitrogens is 2. The maximum atomic E-state index is 10.0. The van der Waals surface area contributed by atoms with Gasteiger partial charge in [-0.2, -0.15) is 0 Å². The lowest BCUT2D eigenvalue weighted by atomic mass is 10.2. The molecule has 0 fully saturated rings. The van der Waals surface area contributed by atoms with Gasteiger partial charge in [-0.15, -0.1) is 0 Å². The van der Waals surface area contributed by atoms with E-state index in [0.29, 0.717) is 0 Å². The van der Waals surface area contributed by atoms with Crippen LogP contribution in [-0.2, 0) is 0 Å². The van der Waals surface area contributed by atoms with Crippen LogP contribution in [0.4, 0.5) is 0 Å². The normalized spacial score (nSPS) is 9.33. The second kappa shape index (κ2) is 6.25. The summed E-state index contributed by atoms with van der Waals surface area (Å²) in [5.74, 6) is 0. The molecule has 3 nitrogen and oxygen atoms in total. The van der Waals surface area contributed by atoms with Gasteiger partial charge in [-0.3, -0.25) is 4.79 Å². The van der Waals surface area contributed by atoms with Crippen molar-refractivity contribution in [3.8, 4) is 0 Å². The Hall–Kier alpha value is -2.55. The number of hydrogen-bond acceptors (Lipinski definition) is 3. The van der Waals surface area contributed by atoms with Gasteiger partial charge in [0.05, 0.1) is 5.52 Å². The number of benzene rings is 2. The molecule has 0 spiro atoms. The van der Waals surface area contributed by atoms with Crippen LogP contribution in [0.3, 0.4) is 0 Å².